The maximum Gasteiger partial charge on any atom is 0.334 e. The van der Waals surface area contributed by atoms with Crippen LogP contribution >= 0.6 is 0 Å². The molecule has 1 aliphatic heterocycles. The molecule has 242 valence electrons. The van der Waals surface area contributed by atoms with E-state index in [9.17, 15) is 9.59 Å². The van der Waals surface area contributed by atoms with E-state index in [4.69, 9.17) is 19.0 Å². The van der Waals surface area contributed by atoms with Gasteiger partial charge in [0.1, 0.15) is 24.1 Å². The number of benzene rings is 2. The molecule has 0 aliphatic carbocycles. The summed E-state index contributed by atoms with van der Waals surface area (Å²) in [5.41, 5.74) is 5.56. The molecular weight excluding hydrogens is 564 g/mol. The number of carbonyl (C=O) groups excluding carboxylic acids is 2. The summed E-state index contributed by atoms with van der Waals surface area (Å²) in [4.78, 5) is 25.4. The lowest BCUT2D eigenvalue weighted by atomic mass is 9.86. The van der Waals surface area contributed by atoms with Gasteiger partial charge in [0, 0.05) is 42.0 Å². The number of fused-ring (bicyclic) bond motifs is 1. The van der Waals surface area contributed by atoms with Gasteiger partial charge >= 0.3 is 11.9 Å². The van der Waals surface area contributed by atoms with Crippen LogP contribution in [-0.2, 0) is 25.5 Å². The van der Waals surface area contributed by atoms with Crippen LogP contribution < -0.4 is 0 Å². The van der Waals surface area contributed by atoms with Crippen molar-refractivity contribution in [3.8, 4) is 11.8 Å². The lowest BCUT2D eigenvalue weighted by molar-refractivity contribution is -0.155. The first-order valence-corrected chi connectivity index (χ1v) is 16.1. The molecule has 1 aliphatic rings. The molecule has 2 heterocycles. The zero-order valence-electron chi connectivity index (χ0n) is 28.2. The zero-order chi connectivity index (χ0) is 33.1. The molecule has 2 atom stereocenters. The second kappa shape index (κ2) is 17.0. The summed E-state index contributed by atoms with van der Waals surface area (Å²) in [6.45, 7) is 14.9. The molecule has 1 aromatic heterocycles. The number of ether oxygens (including phenoxy) is 2. The lowest BCUT2D eigenvalue weighted by Gasteiger charge is -2.19. The van der Waals surface area contributed by atoms with Crippen molar-refractivity contribution in [1.82, 2.24) is 0 Å². The van der Waals surface area contributed by atoms with Crippen LogP contribution in [0.2, 0.25) is 0 Å². The fourth-order valence-electron chi connectivity index (χ4n) is 5.79. The van der Waals surface area contributed by atoms with Gasteiger partial charge < -0.3 is 19.0 Å². The van der Waals surface area contributed by atoms with Crippen molar-refractivity contribution in [2.75, 3.05) is 13.7 Å². The van der Waals surface area contributed by atoms with Gasteiger partial charge in [0.15, 0.2) is 0 Å². The van der Waals surface area contributed by atoms with Crippen LogP contribution in [0.5, 0.6) is 0 Å². The molecule has 3 aromatic rings. The number of cyclic esters (lactones) is 1. The minimum atomic E-state index is -0.434. The van der Waals surface area contributed by atoms with E-state index in [1.165, 1.54) is 5.56 Å². The van der Waals surface area contributed by atoms with Crippen molar-refractivity contribution < 1.29 is 28.6 Å². The highest BCUT2D eigenvalue weighted by atomic mass is 16.6. The van der Waals surface area contributed by atoms with Gasteiger partial charge in [0.05, 0.1) is 5.92 Å². The van der Waals surface area contributed by atoms with Crippen LogP contribution in [0.25, 0.3) is 11.0 Å². The molecule has 2 aromatic carbocycles. The van der Waals surface area contributed by atoms with E-state index >= 15 is 0 Å². The summed E-state index contributed by atoms with van der Waals surface area (Å²) >= 11 is 0. The van der Waals surface area contributed by atoms with E-state index in [-0.39, 0.29) is 18.5 Å². The van der Waals surface area contributed by atoms with Crippen LogP contribution in [0.15, 0.2) is 58.5 Å². The Balaban J connectivity index is 0.00000271. The molecule has 6 heteroatoms. The van der Waals surface area contributed by atoms with Crippen molar-refractivity contribution >= 4 is 22.9 Å². The summed E-state index contributed by atoms with van der Waals surface area (Å²) in [6, 6.07) is 14.1. The van der Waals surface area contributed by atoms with E-state index in [0.717, 1.165) is 59.8 Å². The second-order valence-electron chi connectivity index (χ2n) is 13.0. The van der Waals surface area contributed by atoms with E-state index < -0.39 is 12.0 Å². The predicted octanol–water partition coefficient (Wildman–Crippen LogP) is 8.12. The van der Waals surface area contributed by atoms with Crippen LogP contribution in [0.4, 0.5) is 0 Å². The second-order valence-corrected chi connectivity index (χ2v) is 13.0. The summed E-state index contributed by atoms with van der Waals surface area (Å²) < 4.78 is 17.2. The third kappa shape index (κ3) is 10.6. The van der Waals surface area contributed by atoms with Crippen LogP contribution in [0.3, 0.4) is 0 Å². The van der Waals surface area contributed by atoms with Crippen molar-refractivity contribution in [2.45, 2.75) is 86.7 Å². The number of aliphatic hydroxyl groups is 1. The Labute approximate surface area is 269 Å². The molecule has 0 spiro atoms. The highest BCUT2D eigenvalue weighted by Gasteiger charge is 2.31. The minimum absolute atomic E-state index is 0.0653. The van der Waals surface area contributed by atoms with E-state index in [2.05, 4.69) is 58.6 Å². The maximum absolute atomic E-state index is 12.9. The number of hydrogen-bond acceptors (Lipinski definition) is 6. The van der Waals surface area contributed by atoms with Gasteiger partial charge in [-0.15, -0.1) is 0 Å². The number of esters is 2. The SMILES string of the molecule is CO.Cc1ccc(C#Cc2ccc3oc(CC(C)C(=O)OCC4C/C(=C\CC(CC(C)C)CC(C)C)C(=O)O4)c(C)c3c2)cc1. The van der Waals surface area contributed by atoms with Crippen molar-refractivity contribution in [1.29, 1.82) is 0 Å². The van der Waals surface area contributed by atoms with E-state index in [0.29, 0.717) is 36.2 Å². The quantitative estimate of drug-likeness (QED) is 0.133. The Morgan fingerprint density at radius 3 is 2.24 bits per heavy atom. The van der Waals surface area contributed by atoms with Gasteiger partial charge in [0.25, 0.3) is 0 Å². The van der Waals surface area contributed by atoms with Gasteiger partial charge in [-0.05, 0) is 86.8 Å². The molecule has 1 N–H and O–H groups in total. The van der Waals surface area contributed by atoms with E-state index in [1.54, 1.807) is 0 Å². The van der Waals surface area contributed by atoms with Crippen LogP contribution in [-0.4, -0.2) is 36.9 Å². The summed E-state index contributed by atoms with van der Waals surface area (Å²) in [7, 11) is 1.00. The highest BCUT2D eigenvalue weighted by molar-refractivity contribution is 5.90. The first kappa shape index (κ1) is 35.7. The molecule has 1 fully saturated rings. The molecule has 0 saturated carbocycles. The normalized spacial score (nSPS) is 16.0. The number of rotatable bonds is 11. The Hall–Kier alpha value is -3.82. The fourth-order valence-corrected chi connectivity index (χ4v) is 5.79. The van der Waals surface area contributed by atoms with Gasteiger partial charge in [-0.2, -0.15) is 0 Å². The summed E-state index contributed by atoms with van der Waals surface area (Å²) in [5, 5.41) is 7.99. The molecule has 1 saturated heterocycles. The molecule has 2 unspecified atom stereocenters. The zero-order valence-corrected chi connectivity index (χ0v) is 28.2. The third-order valence-electron chi connectivity index (χ3n) is 8.03. The molecule has 45 heavy (non-hydrogen) atoms. The van der Waals surface area contributed by atoms with Crippen LogP contribution in [0, 0.1) is 49.4 Å². The van der Waals surface area contributed by atoms with Gasteiger partial charge in [-0.3, -0.25) is 4.79 Å². The van der Waals surface area contributed by atoms with E-state index in [1.807, 2.05) is 50.3 Å². The highest BCUT2D eigenvalue weighted by Crippen LogP contribution is 2.30. The summed E-state index contributed by atoms with van der Waals surface area (Å²) in [6.07, 6.45) is 5.68. The standard InChI is InChI=1S/C38H46O5.CH4O/c1-24(2)18-31(19-25(3)4)14-16-32-22-33(42-38(32)40)23-41-37(39)27(6)20-36-28(7)34-21-30(15-17-35(34)43-36)13-12-29-10-8-26(5)9-11-29;1-2/h8-11,15-17,21,24-25,27,31,33H,14,18-20,22-23H2,1-7H3;2H,1H3/b32-16+;. The molecule has 0 amide bonds. The Morgan fingerprint density at radius 1 is 0.978 bits per heavy atom. The number of hydrogen-bond donors (Lipinski definition) is 1. The fraction of sp³-hybridized carbons (Fsp3) is 0.487. The molecule has 0 bridgehead atoms. The average Bonchev–Trinajstić information content (AvgIpc) is 3.52. The van der Waals surface area contributed by atoms with Crippen LogP contribution in [0.1, 0.15) is 88.3 Å². The number of allylic oxidation sites excluding steroid dienone is 1. The Bertz CT molecular complexity index is 1500. The van der Waals surface area contributed by atoms with Crippen molar-refractivity contribution in [3.05, 3.63) is 82.1 Å². The first-order chi connectivity index (χ1) is 21.5. The average molecular weight is 615 g/mol. The number of carbonyl (C=O) groups is 2. The van der Waals surface area contributed by atoms with Crippen molar-refractivity contribution in [2.24, 2.45) is 23.7 Å². The van der Waals surface area contributed by atoms with Gasteiger partial charge in [-0.1, -0.05) is 70.2 Å². The molecular formula is C39H50O6. The Kier molecular flexibility index (Phi) is 13.5. The monoisotopic (exact) mass is 614 g/mol. The van der Waals surface area contributed by atoms with Gasteiger partial charge in [0.2, 0.25) is 0 Å². The minimum Gasteiger partial charge on any atom is -0.462 e. The largest absolute Gasteiger partial charge is 0.462 e. The third-order valence-corrected chi connectivity index (χ3v) is 8.03. The first-order valence-electron chi connectivity index (χ1n) is 16.1. The molecule has 4 rings (SSSR count). The molecule has 0 radical (unpaired) electrons. The topological polar surface area (TPSA) is 86.0 Å². The van der Waals surface area contributed by atoms with Gasteiger partial charge in [-0.25, -0.2) is 4.79 Å². The van der Waals surface area contributed by atoms with Crippen molar-refractivity contribution in [3.63, 3.8) is 0 Å². The lowest BCUT2D eigenvalue weighted by Crippen LogP contribution is -2.23. The predicted molar refractivity (Wildman–Crippen MR) is 180 cm³/mol. The number of aliphatic hydroxyl groups excluding tert-OH is 1. The number of aryl methyl sites for hydroxylation is 2. The summed E-state index contributed by atoms with van der Waals surface area (Å²) in [5.74, 6) is 8.00. The maximum atomic E-state index is 12.9. The Morgan fingerprint density at radius 2 is 1.60 bits per heavy atom. The number of furan rings is 1. The smallest absolute Gasteiger partial charge is 0.334 e. The molecule has 6 nitrogen and oxygen atoms in total.